The minimum absolute atomic E-state index is 0.00834. The lowest BCUT2D eigenvalue weighted by Gasteiger charge is -2.30. The maximum Gasteiger partial charge on any atom is 0.328 e. The van der Waals surface area contributed by atoms with E-state index in [0.29, 0.717) is 23.3 Å². The van der Waals surface area contributed by atoms with Crippen LogP contribution < -0.4 is 11.2 Å². The molecule has 0 spiro atoms. The molecule has 1 aliphatic carbocycles. The molecule has 1 aliphatic rings. The van der Waals surface area contributed by atoms with Gasteiger partial charge < -0.3 is 14.3 Å². The third-order valence-corrected chi connectivity index (χ3v) is 6.48. The number of furan rings is 1. The van der Waals surface area contributed by atoms with Gasteiger partial charge in [-0.3, -0.25) is 14.2 Å². The van der Waals surface area contributed by atoms with Crippen molar-refractivity contribution in [2.24, 2.45) is 11.8 Å². The fourth-order valence-corrected chi connectivity index (χ4v) is 4.81. The maximum absolute atomic E-state index is 12.7. The third-order valence-electron chi connectivity index (χ3n) is 5.58. The second kappa shape index (κ2) is 7.79. The number of aromatic nitrogens is 2. The predicted molar refractivity (Wildman–Crippen MR) is 107 cm³/mol. The molecule has 148 valence electrons. The number of aromatic amines is 1. The molecule has 1 fully saturated rings. The zero-order chi connectivity index (χ0) is 19.7. The van der Waals surface area contributed by atoms with Gasteiger partial charge in [-0.15, -0.1) is 11.3 Å². The van der Waals surface area contributed by atoms with E-state index in [2.05, 4.69) is 4.98 Å². The summed E-state index contributed by atoms with van der Waals surface area (Å²) in [6, 6.07) is 5.43. The Bertz CT molecular complexity index is 1070. The molecule has 0 saturated heterocycles. The van der Waals surface area contributed by atoms with Crippen LogP contribution in [0.1, 0.15) is 31.4 Å². The molecule has 0 radical (unpaired) electrons. The molecule has 1 N–H and O–H groups in total. The second-order valence-electron chi connectivity index (χ2n) is 7.50. The largest absolute Gasteiger partial charge is 0.467 e. The molecule has 3 aromatic heterocycles. The van der Waals surface area contributed by atoms with Gasteiger partial charge in [0, 0.05) is 19.5 Å². The average molecular weight is 401 g/mol. The van der Waals surface area contributed by atoms with Crippen LogP contribution in [0, 0.1) is 11.8 Å². The quantitative estimate of drug-likeness (QED) is 0.712. The lowest BCUT2D eigenvalue weighted by Crippen LogP contribution is -2.39. The zero-order valence-corrected chi connectivity index (χ0v) is 16.5. The van der Waals surface area contributed by atoms with Crippen LogP contribution in [0.3, 0.4) is 0 Å². The number of rotatable bonds is 5. The lowest BCUT2D eigenvalue weighted by molar-refractivity contribution is -0.136. The first kappa shape index (κ1) is 18.7. The first-order valence-corrected chi connectivity index (χ1v) is 10.4. The van der Waals surface area contributed by atoms with E-state index in [1.165, 1.54) is 15.9 Å². The smallest absolute Gasteiger partial charge is 0.328 e. The summed E-state index contributed by atoms with van der Waals surface area (Å²) in [4.78, 5) is 42.0. The van der Waals surface area contributed by atoms with Gasteiger partial charge in [0.05, 0.1) is 18.3 Å². The number of hydrogen-bond donors (Lipinski definition) is 1. The number of hydrogen-bond acceptors (Lipinski definition) is 5. The highest BCUT2D eigenvalue weighted by molar-refractivity contribution is 7.17. The van der Waals surface area contributed by atoms with E-state index in [0.717, 1.165) is 31.4 Å². The van der Waals surface area contributed by atoms with Crippen molar-refractivity contribution in [2.45, 2.75) is 38.8 Å². The Morgan fingerprint density at radius 1 is 1.29 bits per heavy atom. The van der Waals surface area contributed by atoms with Crippen molar-refractivity contribution in [1.29, 1.82) is 0 Å². The lowest BCUT2D eigenvalue weighted by atomic mass is 9.81. The van der Waals surface area contributed by atoms with E-state index in [1.54, 1.807) is 24.3 Å². The summed E-state index contributed by atoms with van der Waals surface area (Å²) in [6.07, 6.45) is 4.83. The predicted octanol–water partition coefficient (Wildman–Crippen LogP) is 2.81. The number of fused-ring (bicyclic) bond motifs is 1. The molecule has 1 amide bonds. The van der Waals surface area contributed by atoms with Crippen LogP contribution in [-0.2, 0) is 17.9 Å². The molecule has 7 nitrogen and oxygen atoms in total. The molecule has 0 unspecified atom stereocenters. The van der Waals surface area contributed by atoms with E-state index in [9.17, 15) is 14.4 Å². The standard InChI is InChI=1S/C20H23N3O4S/c1-22(12-15-3-2-9-27-15)18(24)14-6-4-13(5-7-14)11-23-19(25)17-16(8-10-28-17)21-20(23)26/h2-3,8-10,13-14H,4-7,11-12H2,1H3,(H,21,26). The third kappa shape index (κ3) is 3.69. The van der Waals surface area contributed by atoms with Gasteiger partial charge >= 0.3 is 5.69 Å². The van der Waals surface area contributed by atoms with Crippen LogP contribution in [0.2, 0.25) is 0 Å². The molecule has 0 aromatic carbocycles. The van der Waals surface area contributed by atoms with Crippen LogP contribution in [0.25, 0.3) is 10.2 Å². The summed E-state index contributed by atoms with van der Waals surface area (Å²) in [5.41, 5.74) is 0.0301. The Morgan fingerprint density at radius 2 is 2.07 bits per heavy atom. The van der Waals surface area contributed by atoms with Gasteiger partial charge in [0.1, 0.15) is 10.5 Å². The number of thiophene rings is 1. The summed E-state index contributed by atoms with van der Waals surface area (Å²) in [5.74, 6) is 1.12. The van der Waals surface area contributed by atoms with Crippen LogP contribution in [0.4, 0.5) is 0 Å². The summed E-state index contributed by atoms with van der Waals surface area (Å²) < 4.78 is 7.21. The minimum atomic E-state index is -0.354. The number of amides is 1. The number of carbonyl (C=O) groups excluding carboxylic acids is 1. The molecule has 8 heteroatoms. The molecular weight excluding hydrogens is 378 g/mol. The molecule has 1 saturated carbocycles. The summed E-state index contributed by atoms with van der Waals surface area (Å²) in [6.45, 7) is 0.877. The summed E-state index contributed by atoms with van der Waals surface area (Å²) in [5, 5.41) is 1.81. The molecule has 3 aromatic rings. The van der Waals surface area contributed by atoms with Gasteiger partial charge in [0.2, 0.25) is 5.91 Å². The number of nitrogens with one attached hydrogen (secondary N) is 1. The molecular formula is C20H23N3O4S. The summed E-state index contributed by atoms with van der Waals surface area (Å²) >= 11 is 1.35. The van der Waals surface area contributed by atoms with Gasteiger partial charge in [-0.05, 0) is 55.2 Å². The normalized spacial score (nSPS) is 19.8. The van der Waals surface area contributed by atoms with Crippen LogP contribution in [0.15, 0.2) is 43.8 Å². The Kier molecular flexibility index (Phi) is 5.21. The van der Waals surface area contributed by atoms with Crippen molar-refractivity contribution in [1.82, 2.24) is 14.5 Å². The number of H-pyrrole nitrogens is 1. The maximum atomic E-state index is 12.7. The summed E-state index contributed by atoms with van der Waals surface area (Å²) in [7, 11) is 1.80. The van der Waals surface area contributed by atoms with E-state index in [1.807, 2.05) is 17.5 Å². The van der Waals surface area contributed by atoms with Crippen molar-refractivity contribution in [2.75, 3.05) is 7.05 Å². The SMILES string of the molecule is CN(Cc1ccco1)C(=O)C1CCC(Cn2c(=O)[nH]c3ccsc3c2=O)CC1. The highest BCUT2D eigenvalue weighted by Crippen LogP contribution is 2.31. The number of nitrogens with zero attached hydrogens (tertiary/aromatic N) is 2. The molecule has 0 atom stereocenters. The monoisotopic (exact) mass is 401 g/mol. The fourth-order valence-electron chi connectivity index (χ4n) is 4.01. The van der Waals surface area contributed by atoms with Crippen LogP contribution >= 0.6 is 11.3 Å². The fraction of sp³-hybridized carbons (Fsp3) is 0.450. The van der Waals surface area contributed by atoms with E-state index in [4.69, 9.17) is 4.42 Å². The van der Waals surface area contributed by atoms with E-state index < -0.39 is 0 Å². The highest BCUT2D eigenvalue weighted by atomic mass is 32.1. The molecule has 0 aliphatic heterocycles. The molecule has 4 rings (SSSR count). The highest BCUT2D eigenvalue weighted by Gasteiger charge is 2.29. The Hall–Kier alpha value is -2.61. The Labute approximate surface area is 165 Å². The van der Waals surface area contributed by atoms with Crippen molar-refractivity contribution in [3.05, 3.63) is 56.4 Å². The van der Waals surface area contributed by atoms with Crippen molar-refractivity contribution >= 4 is 27.5 Å². The van der Waals surface area contributed by atoms with Gasteiger partial charge in [0.25, 0.3) is 5.56 Å². The Balaban J connectivity index is 1.37. The molecule has 0 bridgehead atoms. The van der Waals surface area contributed by atoms with Crippen molar-refractivity contribution in [3.8, 4) is 0 Å². The first-order valence-electron chi connectivity index (χ1n) is 9.50. The van der Waals surface area contributed by atoms with E-state index in [-0.39, 0.29) is 29.0 Å². The second-order valence-corrected chi connectivity index (χ2v) is 8.42. The topological polar surface area (TPSA) is 88.3 Å². The van der Waals surface area contributed by atoms with Gasteiger partial charge in [-0.25, -0.2) is 4.79 Å². The molecule has 3 heterocycles. The van der Waals surface area contributed by atoms with Crippen LogP contribution in [-0.4, -0.2) is 27.4 Å². The van der Waals surface area contributed by atoms with Gasteiger partial charge in [-0.2, -0.15) is 0 Å². The van der Waals surface area contributed by atoms with Gasteiger partial charge in [0.15, 0.2) is 0 Å². The zero-order valence-electron chi connectivity index (χ0n) is 15.7. The van der Waals surface area contributed by atoms with Gasteiger partial charge in [-0.1, -0.05) is 0 Å². The van der Waals surface area contributed by atoms with Crippen molar-refractivity contribution < 1.29 is 9.21 Å². The minimum Gasteiger partial charge on any atom is -0.467 e. The number of carbonyl (C=O) groups is 1. The average Bonchev–Trinajstić information content (AvgIpc) is 3.37. The van der Waals surface area contributed by atoms with Crippen molar-refractivity contribution in [3.63, 3.8) is 0 Å². The first-order chi connectivity index (χ1) is 13.5. The Morgan fingerprint density at radius 3 is 2.79 bits per heavy atom. The van der Waals surface area contributed by atoms with E-state index >= 15 is 0 Å². The van der Waals surface area contributed by atoms with Crippen LogP contribution in [0.5, 0.6) is 0 Å². The molecule has 28 heavy (non-hydrogen) atoms.